The van der Waals surface area contributed by atoms with Crippen LogP contribution in [-0.4, -0.2) is 29.4 Å². The van der Waals surface area contributed by atoms with E-state index >= 15 is 0 Å². The third-order valence-electron chi connectivity index (χ3n) is 4.66. The summed E-state index contributed by atoms with van der Waals surface area (Å²) in [6, 6.07) is 0. The van der Waals surface area contributed by atoms with E-state index in [1.165, 1.54) is 25.7 Å². The first-order valence-electron chi connectivity index (χ1n) is 8.96. The van der Waals surface area contributed by atoms with Crippen LogP contribution in [0, 0.1) is 5.41 Å². The Morgan fingerprint density at radius 1 is 1.23 bits per heavy atom. The molecule has 1 aliphatic heterocycles. The molecule has 0 spiro atoms. The highest BCUT2D eigenvalue weighted by molar-refractivity contribution is 5.94. The van der Waals surface area contributed by atoms with Gasteiger partial charge in [0.1, 0.15) is 0 Å². The summed E-state index contributed by atoms with van der Waals surface area (Å²) < 4.78 is 0. The summed E-state index contributed by atoms with van der Waals surface area (Å²) in [7, 11) is 0. The van der Waals surface area contributed by atoms with Crippen molar-refractivity contribution in [3.05, 3.63) is 11.8 Å². The van der Waals surface area contributed by atoms with Gasteiger partial charge in [0.15, 0.2) is 0 Å². The number of carbonyl (C=O) groups excluding carboxylic acids is 1. The lowest BCUT2D eigenvalue weighted by Crippen LogP contribution is -2.45. The zero-order valence-corrected chi connectivity index (χ0v) is 15.6. The molecule has 128 valence electrons. The van der Waals surface area contributed by atoms with Gasteiger partial charge in [0, 0.05) is 30.4 Å². The van der Waals surface area contributed by atoms with E-state index < -0.39 is 0 Å². The van der Waals surface area contributed by atoms with Crippen LogP contribution in [0.2, 0.25) is 0 Å². The van der Waals surface area contributed by atoms with Crippen LogP contribution in [0.25, 0.3) is 0 Å². The Kier molecular flexibility index (Phi) is 6.96. The van der Waals surface area contributed by atoms with Crippen LogP contribution < -0.4 is 5.32 Å². The van der Waals surface area contributed by atoms with Crippen molar-refractivity contribution in [3.8, 4) is 0 Å². The zero-order chi connectivity index (χ0) is 16.8. The molecule has 0 radical (unpaired) electrons. The molecule has 0 aromatic heterocycles. The van der Waals surface area contributed by atoms with Crippen LogP contribution >= 0.6 is 0 Å². The predicted molar refractivity (Wildman–Crippen MR) is 94.7 cm³/mol. The lowest BCUT2D eigenvalue weighted by molar-refractivity contribution is -0.118. The number of carbonyl (C=O) groups is 1. The fourth-order valence-corrected chi connectivity index (χ4v) is 2.85. The minimum absolute atomic E-state index is 0.0337. The normalized spacial score (nSPS) is 18.1. The summed E-state index contributed by atoms with van der Waals surface area (Å²) in [6.07, 6.45) is 9.25. The number of rotatable bonds is 7. The highest BCUT2D eigenvalue weighted by Crippen LogP contribution is 2.36. The van der Waals surface area contributed by atoms with Crippen molar-refractivity contribution < 1.29 is 4.79 Å². The second-order valence-electron chi connectivity index (χ2n) is 8.21. The van der Waals surface area contributed by atoms with Crippen molar-refractivity contribution >= 4 is 5.91 Å². The fraction of sp³-hybridized carbons (Fsp3) is 0.842. The number of hydrogen-bond acceptors (Lipinski definition) is 2. The molecule has 1 N–H and O–H groups in total. The number of unbranched alkanes of at least 4 members (excludes halogenated alkanes) is 4. The molecule has 0 aromatic carbocycles. The molecule has 1 rings (SSSR count). The first-order chi connectivity index (χ1) is 10.2. The summed E-state index contributed by atoms with van der Waals surface area (Å²) in [5, 5.41) is 3.12. The van der Waals surface area contributed by atoms with E-state index in [1.54, 1.807) is 0 Å². The molecule has 3 nitrogen and oxygen atoms in total. The lowest BCUT2D eigenvalue weighted by atomic mass is 9.78. The third-order valence-corrected chi connectivity index (χ3v) is 4.66. The van der Waals surface area contributed by atoms with E-state index in [0.717, 1.165) is 31.5 Å². The standard InChI is InChI=1S/C19H36N2O/c1-7-8-9-10-11-13-20-17(22)16-15-21(18(2,3)4)14-12-19(16,5)6/h15H,7-14H2,1-6H3,(H,20,22). The van der Waals surface area contributed by atoms with Crippen LogP contribution in [-0.2, 0) is 4.79 Å². The van der Waals surface area contributed by atoms with Crippen molar-refractivity contribution in [2.45, 2.75) is 85.6 Å². The van der Waals surface area contributed by atoms with Crippen molar-refractivity contribution in [2.75, 3.05) is 13.1 Å². The molecular formula is C19H36N2O. The maximum Gasteiger partial charge on any atom is 0.249 e. The molecular weight excluding hydrogens is 272 g/mol. The molecule has 0 fully saturated rings. The molecule has 3 heteroatoms. The van der Waals surface area contributed by atoms with Gasteiger partial charge in [0.25, 0.3) is 0 Å². The minimum atomic E-state index is -0.0337. The van der Waals surface area contributed by atoms with E-state index in [4.69, 9.17) is 0 Å². The van der Waals surface area contributed by atoms with E-state index in [-0.39, 0.29) is 16.9 Å². The maximum atomic E-state index is 12.6. The number of hydrogen-bond donors (Lipinski definition) is 1. The highest BCUT2D eigenvalue weighted by atomic mass is 16.1. The van der Waals surface area contributed by atoms with Crippen molar-refractivity contribution in [3.63, 3.8) is 0 Å². The summed E-state index contributed by atoms with van der Waals surface area (Å²) in [4.78, 5) is 14.9. The van der Waals surface area contributed by atoms with Crippen LogP contribution in [0.3, 0.4) is 0 Å². The van der Waals surface area contributed by atoms with Gasteiger partial charge in [0.05, 0.1) is 0 Å². The van der Waals surface area contributed by atoms with Gasteiger partial charge < -0.3 is 10.2 Å². The van der Waals surface area contributed by atoms with Gasteiger partial charge in [-0.3, -0.25) is 4.79 Å². The van der Waals surface area contributed by atoms with Crippen LogP contribution in [0.15, 0.2) is 11.8 Å². The molecule has 1 heterocycles. The summed E-state index contributed by atoms with van der Waals surface area (Å²) in [5.41, 5.74) is 0.971. The number of nitrogens with one attached hydrogen (secondary N) is 1. The van der Waals surface area contributed by atoms with E-state index in [0.29, 0.717) is 0 Å². The molecule has 0 aliphatic carbocycles. The second kappa shape index (κ2) is 8.03. The van der Waals surface area contributed by atoms with Crippen molar-refractivity contribution in [2.24, 2.45) is 5.41 Å². The number of nitrogens with zero attached hydrogens (tertiary/aromatic N) is 1. The predicted octanol–water partition coefficient (Wildman–Crippen LogP) is 4.49. The Morgan fingerprint density at radius 2 is 1.86 bits per heavy atom. The van der Waals surface area contributed by atoms with E-state index in [1.807, 2.05) is 0 Å². The minimum Gasteiger partial charge on any atom is -0.372 e. The summed E-state index contributed by atoms with van der Waals surface area (Å²) in [5.74, 6) is 0.120. The van der Waals surface area contributed by atoms with Crippen molar-refractivity contribution in [1.82, 2.24) is 10.2 Å². The molecule has 0 bridgehead atoms. The average molecular weight is 309 g/mol. The Labute approximate surface area is 137 Å². The average Bonchev–Trinajstić information content (AvgIpc) is 2.40. The van der Waals surface area contributed by atoms with Gasteiger partial charge >= 0.3 is 0 Å². The van der Waals surface area contributed by atoms with E-state index in [9.17, 15) is 4.79 Å². The fourth-order valence-electron chi connectivity index (χ4n) is 2.85. The molecule has 22 heavy (non-hydrogen) atoms. The van der Waals surface area contributed by atoms with Gasteiger partial charge in [-0.1, -0.05) is 46.5 Å². The maximum absolute atomic E-state index is 12.6. The molecule has 0 unspecified atom stereocenters. The summed E-state index contributed by atoms with van der Waals surface area (Å²) >= 11 is 0. The smallest absolute Gasteiger partial charge is 0.249 e. The van der Waals surface area contributed by atoms with Crippen LogP contribution in [0.1, 0.15) is 80.1 Å². The molecule has 0 aromatic rings. The van der Waals surface area contributed by atoms with Gasteiger partial charge in [-0.15, -0.1) is 0 Å². The van der Waals surface area contributed by atoms with Crippen LogP contribution in [0.4, 0.5) is 0 Å². The number of amides is 1. The van der Waals surface area contributed by atoms with Gasteiger partial charge in [0.2, 0.25) is 5.91 Å². The second-order valence-corrected chi connectivity index (χ2v) is 8.21. The molecule has 1 aliphatic rings. The monoisotopic (exact) mass is 308 g/mol. The highest BCUT2D eigenvalue weighted by Gasteiger charge is 2.35. The quantitative estimate of drug-likeness (QED) is 0.703. The topological polar surface area (TPSA) is 32.3 Å². The first kappa shape index (κ1) is 19.1. The van der Waals surface area contributed by atoms with Gasteiger partial charge in [-0.25, -0.2) is 0 Å². The Morgan fingerprint density at radius 3 is 2.45 bits per heavy atom. The Balaban J connectivity index is 2.58. The molecule has 0 atom stereocenters. The SMILES string of the molecule is CCCCCCCNC(=O)C1=CN(C(C)(C)C)CCC1(C)C. The molecule has 0 saturated carbocycles. The van der Waals surface area contributed by atoms with Gasteiger partial charge in [-0.05, 0) is 39.0 Å². The van der Waals surface area contributed by atoms with Crippen LogP contribution in [0.5, 0.6) is 0 Å². The van der Waals surface area contributed by atoms with E-state index in [2.05, 4.69) is 58.0 Å². The Bertz CT molecular complexity index is 391. The van der Waals surface area contributed by atoms with Crippen molar-refractivity contribution in [1.29, 1.82) is 0 Å². The Hall–Kier alpha value is -0.990. The molecule has 0 saturated heterocycles. The zero-order valence-electron chi connectivity index (χ0n) is 15.6. The summed E-state index contributed by atoms with van der Waals surface area (Å²) in [6.45, 7) is 15.0. The first-order valence-corrected chi connectivity index (χ1v) is 8.96. The largest absolute Gasteiger partial charge is 0.372 e. The lowest BCUT2D eigenvalue weighted by Gasteiger charge is -2.43. The third kappa shape index (κ3) is 5.66. The molecule has 1 amide bonds. The van der Waals surface area contributed by atoms with Gasteiger partial charge in [-0.2, -0.15) is 0 Å².